The Morgan fingerprint density at radius 1 is 1.07 bits per heavy atom. The van der Waals surface area contributed by atoms with Crippen LogP contribution < -0.4 is 4.74 Å². The van der Waals surface area contributed by atoms with Crippen LogP contribution in [0.1, 0.15) is 20.7 Å². The number of benzene rings is 1. The van der Waals surface area contributed by atoms with Gasteiger partial charge in [-0.25, -0.2) is 0 Å². The molecule has 0 aromatic heterocycles. The Bertz CT molecular complexity index is 320. The van der Waals surface area contributed by atoms with E-state index in [4.69, 9.17) is 4.74 Å². The van der Waals surface area contributed by atoms with Gasteiger partial charge in [0.2, 0.25) is 0 Å². The van der Waals surface area contributed by atoms with Gasteiger partial charge in [0.25, 0.3) is 0 Å². The second-order valence-electron chi connectivity index (χ2n) is 2.65. The fourth-order valence-electron chi connectivity index (χ4n) is 0.918. The molecular formula is C11H14O4. The maximum atomic E-state index is 10.5. The summed E-state index contributed by atoms with van der Waals surface area (Å²) in [6.45, 7) is 0. The average Bonchev–Trinajstić information content (AvgIpc) is 2.29. The van der Waals surface area contributed by atoms with Crippen LogP contribution in [0.2, 0.25) is 0 Å². The first-order chi connectivity index (χ1) is 7.23. The van der Waals surface area contributed by atoms with Crippen LogP contribution in [0.5, 0.6) is 5.75 Å². The largest absolute Gasteiger partial charge is 0.496 e. The zero-order valence-electron chi connectivity index (χ0n) is 9.02. The van der Waals surface area contributed by atoms with Gasteiger partial charge in [0.15, 0.2) is 6.29 Å². The SMILES string of the molecule is COC.COc1ccc(C=O)cc1C=O. The summed E-state index contributed by atoms with van der Waals surface area (Å²) in [5.74, 6) is 0.482. The molecule has 0 aliphatic heterocycles. The molecule has 1 rings (SSSR count). The van der Waals surface area contributed by atoms with Crippen molar-refractivity contribution in [3.05, 3.63) is 29.3 Å². The molecule has 0 saturated carbocycles. The highest BCUT2D eigenvalue weighted by Gasteiger charge is 2.01. The lowest BCUT2D eigenvalue weighted by Crippen LogP contribution is -1.91. The highest BCUT2D eigenvalue weighted by atomic mass is 16.5. The molecule has 0 aliphatic carbocycles. The maximum Gasteiger partial charge on any atom is 0.153 e. The predicted molar refractivity (Wildman–Crippen MR) is 56.7 cm³/mol. The van der Waals surface area contributed by atoms with Crippen LogP contribution >= 0.6 is 0 Å². The van der Waals surface area contributed by atoms with Gasteiger partial charge in [-0.15, -0.1) is 0 Å². The average molecular weight is 210 g/mol. The maximum absolute atomic E-state index is 10.5. The molecule has 82 valence electrons. The Kier molecular flexibility index (Phi) is 6.84. The van der Waals surface area contributed by atoms with E-state index in [1.54, 1.807) is 26.4 Å². The van der Waals surface area contributed by atoms with Crippen molar-refractivity contribution in [2.45, 2.75) is 0 Å². The third-order valence-corrected chi connectivity index (χ3v) is 1.52. The molecule has 0 amide bonds. The van der Waals surface area contributed by atoms with Crippen molar-refractivity contribution in [1.29, 1.82) is 0 Å². The number of carbonyl (C=O) groups excluding carboxylic acids is 2. The number of methoxy groups -OCH3 is 2. The van der Waals surface area contributed by atoms with Crippen LogP contribution in [0.25, 0.3) is 0 Å². The number of aldehydes is 2. The van der Waals surface area contributed by atoms with Crippen molar-refractivity contribution < 1.29 is 19.1 Å². The molecule has 0 saturated heterocycles. The topological polar surface area (TPSA) is 52.6 Å². The van der Waals surface area contributed by atoms with E-state index in [1.165, 1.54) is 13.2 Å². The summed E-state index contributed by atoms with van der Waals surface area (Å²) in [4.78, 5) is 20.8. The molecule has 1 aromatic carbocycles. The molecule has 1 aromatic rings. The Morgan fingerprint density at radius 3 is 2.07 bits per heavy atom. The Morgan fingerprint density at radius 2 is 1.67 bits per heavy atom. The predicted octanol–water partition coefficient (Wildman–Crippen LogP) is 1.58. The first-order valence-electron chi connectivity index (χ1n) is 4.22. The monoisotopic (exact) mass is 210 g/mol. The summed E-state index contributed by atoms with van der Waals surface area (Å²) in [5.41, 5.74) is 0.861. The molecule has 0 radical (unpaired) electrons. The smallest absolute Gasteiger partial charge is 0.153 e. The second-order valence-corrected chi connectivity index (χ2v) is 2.65. The summed E-state index contributed by atoms with van der Waals surface area (Å²) in [7, 11) is 4.73. The number of hydrogen-bond donors (Lipinski definition) is 0. The van der Waals surface area contributed by atoms with Crippen LogP contribution in [-0.2, 0) is 4.74 Å². The summed E-state index contributed by atoms with van der Waals surface area (Å²) in [6.07, 6.45) is 1.35. The molecule has 0 unspecified atom stereocenters. The van der Waals surface area contributed by atoms with Crippen LogP contribution in [0.15, 0.2) is 18.2 Å². The van der Waals surface area contributed by atoms with E-state index >= 15 is 0 Å². The summed E-state index contributed by atoms with van der Waals surface area (Å²) in [5, 5.41) is 0. The van der Waals surface area contributed by atoms with Gasteiger partial charge in [-0.05, 0) is 18.2 Å². The molecule has 4 nitrogen and oxygen atoms in total. The molecule has 0 fully saturated rings. The quantitative estimate of drug-likeness (QED) is 0.711. The number of carbonyl (C=O) groups is 2. The van der Waals surface area contributed by atoms with Gasteiger partial charge in [-0.2, -0.15) is 0 Å². The lowest BCUT2D eigenvalue weighted by Gasteiger charge is -2.02. The van der Waals surface area contributed by atoms with Crippen molar-refractivity contribution >= 4 is 12.6 Å². The van der Waals surface area contributed by atoms with Gasteiger partial charge >= 0.3 is 0 Å². The van der Waals surface area contributed by atoms with Crippen molar-refractivity contribution in [1.82, 2.24) is 0 Å². The summed E-state index contributed by atoms with van der Waals surface area (Å²) < 4.78 is 9.14. The van der Waals surface area contributed by atoms with Gasteiger partial charge in [0.05, 0.1) is 12.7 Å². The lowest BCUT2D eigenvalue weighted by molar-refractivity contribution is 0.112. The molecule has 0 aliphatic rings. The molecule has 0 N–H and O–H groups in total. The van der Waals surface area contributed by atoms with E-state index in [0.29, 0.717) is 29.4 Å². The molecule has 0 bridgehead atoms. The minimum absolute atomic E-state index is 0.391. The van der Waals surface area contributed by atoms with E-state index in [2.05, 4.69) is 4.74 Å². The van der Waals surface area contributed by atoms with Gasteiger partial charge in [0.1, 0.15) is 12.0 Å². The van der Waals surface area contributed by atoms with E-state index in [9.17, 15) is 9.59 Å². The summed E-state index contributed by atoms with van der Waals surface area (Å²) in [6, 6.07) is 4.67. The minimum Gasteiger partial charge on any atom is -0.496 e. The van der Waals surface area contributed by atoms with Gasteiger partial charge in [0, 0.05) is 19.8 Å². The zero-order chi connectivity index (χ0) is 11.7. The van der Waals surface area contributed by atoms with E-state index in [-0.39, 0.29) is 0 Å². The van der Waals surface area contributed by atoms with Gasteiger partial charge in [-0.1, -0.05) is 0 Å². The highest BCUT2D eigenvalue weighted by molar-refractivity contribution is 5.84. The third kappa shape index (κ3) is 4.37. The molecule has 0 heterocycles. The van der Waals surface area contributed by atoms with Crippen LogP contribution in [0.3, 0.4) is 0 Å². The lowest BCUT2D eigenvalue weighted by atomic mass is 10.1. The number of hydrogen-bond acceptors (Lipinski definition) is 4. The third-order valence-electron chi connectivity index (χ3n) is 1.52. The van der Waals surface area contributed by atoms with E-state index < -0.39 is 0 Å². The summed E-state index contributed by atoms with van der Waals surface area (Å²) >= 11 is 0. The molecular weight excluding hydrogens is 196 g/mol. The molecule has 0 spiro atoms. The van der Waals surface area contributed by atoms with E-state index in [0.717, 1.165) is 0 Å². The van der Waals surface area contributed by atoms with Crippen molar-refractivity contribution in [2.75, 3.05) is 21.3 Å². The minimum atomic E-state index is 0.391. The highest BCUT2D eigenvalue weighted by Crippen LogP contribution is 2.16. The fraction of sp³-hybridized carbons (Fsp3) is 0.273. The number of ether oxygens (including phenoxy) is 2. The van der Waals surface area contributed by atoms with E-state index in [1.807, 2.05) is 0 Å². The Labute approximate surface area is 88.8 Å². The van der Waals surface area contributed by atoms with Crippen LogP contribution in [0.4, 0.5) is 0 Å². The van der Waals surface area contributed by atoms with Crippen LogP contribution in [0, 0.1) is 0 Å². The first-order valence-corrected chi connectivity index (χ1v) is 4.22. The second kappa shape index (κ2) is 7.70. The van der Waals surface area contributed by atoms with Crippen molar-refractivity contribution in [3.63, 3.8) is 0 Å². The first kappa shape index (κ1) is 13.3. The van der Waals surface area contributed by atoms with Gasteiger partial charge < -0.3 is 9.47 Å². The van der Waals surface area contributed by atoms with Crippen molar-refractivity contribution in [2.24, 2.45) is 0 Å². The Balaban J connectivity index is 0.000000583. The van der Waals surface area contributed by atoms with Gasteiger partial charge in [-0.3, -0.25) is 9.59 Å². The molecule has 15 heavy (non-hydrogen) atoms. The van der Waals surface area contributed by atoms with Crippen molar-refractivity contribution in [3.8, 4) is 5.75 Å². The molecule has 0 atom stereocenters. The Hall–Kier alpha value is -1.68. The normalized spacial score (nSPS) is 8.47. The fourth-order valence-corrected chi connectivity index (χ4v) is 0.918. The zero-order valence-corrected chi connectivity index (χ0v) is 9.02. The standard InChI is InChI=1S/C9H8O3.C2H6O/c1-12-9-3-2-7(5-10)4-8(9)6-11;1-3-2/h2-6H,1H3;1-2H3. The van der Waals surface area contributed by atoms with Crippen LogP contribution in [-0.4, -0.2) is 33.9 Å². The molecule has 4 heteroatoms. The number of rotatable bonds is 3.